The second-order valence-electron chi connectivity index (χ2n) is 5.31. The lowest BCUT2D eigenvalue weighted by Gasteiger charge is -2.30. The number of likely N-dealkylation sites (tertiary alicyclic amines) is 1. The largest absolute Gasteiger partial charge is 0.338 e. The van der Waals surface area contributed by atoms with Crippen molar-refractivity contribution < 1.29 is 4.79 Å². The molecule has 0 radical (unpaired) electrons. The number of para-hydroxylation sites is 1. The fourth-order valence-corrected chi connectivity index (χ4v) is 3.72. The summed E-state index contributed by atoms with van der Waals surface area (Å²) in [5.41, 5.74) is 1.99. The molecule has 1 saturated heterocycles. The zero-order valence-corrected chi connectivity index (χ0v) is 12.6. The molecule has 0 bridgehead atoms. The molecule has 5 heteroatoms. The van der Waals surface area contributed by atoms with Gasteiger partial charge < -0.3 is 4.90 Å². The van der Waals surface area contributed by atoms with Crippen LogP contribution in [0.25, 0.3) is 15.9 Å². The van der Waals surface area contributed by atoms with Crippen LogP contribution in [0.15, 0.2) is 36.4 Å². The second kappa shape index (κ2) is 4.70. The lowest BCUT2D eigenvalue weighted by molar-refractivity contribution is 0.0657. The zero-order valence-electron chi connectivity index (χ0n) is 11.7. The van der Waals surface area contributed by atoms with Gasteiger partial charge in [0.15, 0.2) is 0 Å². The van der Waals surface area contributed by atoms with Crippen molar-refractivity contribution in [2.75, 3.05) is 13.1 Å². The van der Waals surface area contributed by atoms with Gasteiger partial charge in [0.25, 0.3) is 5.91 Å². The molecule has 3 aromatic rings. The molecule has 0 N–H and O–H groups in total. The number of aromatic nitrogens is 2. The molecular formula is C16H15N3OS. The number of aryl methyl sites for hydroxylation is 1. The summed E-state index contributed by atoms with van der Waals surface area (Å²) < 4.78 is 1.93. The first kappa shape index (κ1) is 12.6. The molecule has 1 amide bonds. The summed E-state index contributed by atoms with van der Waals surface area (Å²) >= 11 is 1.53. The lowest BCUT2D eigenvalue weighted by Crippen LogP contribution is -2.41. The highest BCUT2D eigenvalue weighted by atomic mass is 32.1. The van der Waals surface area contributed by atoms with E-state index in [1.54, 1.807) is 0 Å². The van der Waals surface area contributed by atoms with Gasteiger partial charge in [0.05, 0.1) is 16.3 Å². The summed E-state index contributed by atoms with van der Waals surface area (Å²) in [6, 6.07) is 12.0. The van der Waals surface area contributed by atoms with Crippen LogP contribution in [0.1, 0.15) is 21.8 Å². The van der Waals surface area contributed by atoms with Crippen molar-refractivity contribution >= 4 is 27.5 Å². The van der Waals surface area contributed by atoms with E-state index in [0.29, 0.717) is 0 Å². The van der Waals surface area contributed by atoms with E-state index in [2.05, 4.69) is 5.10 Å². The number of hydrogen-bond donors (Lipinski definition) is 0. The van der Waals surface area contributed by atoms with Crippen LogP contribution in [-0.2, 0) is 0 Å². The van der Waals surface area contributed by atoms with E-state index in [9.17, 15) is 4.79 Å². The smallest absolute Gasteiger partial charge is 0.264 e. The van der Waals surface area contributed by atoms with Crippen LogP contribution in [0.2, 0.25) is 0 Å². The van der Waals surface area contributed by atoms with E-state index in [4.69, 9.17) is 0 Å². The third-order valence-corrected chi connectivity index (χ3v) is 5.00. The maximum Gasteiger partial charge on any atom is 0.264 e. The van der Waals surface area contributed by atoms with Gasteiger partial charge in [-0.3, -0.25) is 4.79 Å². The number of carbonyl (C=O) groups excluding carboxylic acids is 1. The van der Waals surface area contributed by atoms with Crippen LogP contribution < -0.4 is 0 Å². The molecule has 0 saturated carbocycles. The number of benzene rings is 1. The summed E-state index contributed by atoms with van der Waals surface area (Å²) in [5.74, 6) is 0.154. The molecule has 0 aliphatic carbocycles. The van der Waals surface area contributed by atoms with Gasteiger partial charge in [0, 0.05) is 18.5 Å². The summed E-state index contributed by atoms with van der Waals surface area (Å²) in [7, 11) is 0. The highest BCUT2D eigenvalue weighted by Gasteiger charge is 2.24. The van der Waals surface area contributed by atoms with Crippen molar-refractivity contribution in [3.63, 3.8) is 0 Å². The van der Waals surface area contributed by atoms with Gasteiger partial charge in [-0.05, 0) is 31.5 Å². The zero-order chi connectivity index (χ0) is 14.4. The number of rotatable bonds is 2. The Balaban J connectivity index is 1.82. The van der Waals surface area contributed by atoms with Gasteiger partial charge in [0.1, 0.15) is 4.83 Å². The Morgan fingerprint density at radius 2 is 2.00 bits per heavy atom. The monoisotopic (exact) mass is 297 g/mol. The van der Waals surface area contributed by atoms with E-state index in [1.165, 1.54) is 11.3 Å². The minimum absolute atomic E-state index is 0.154. The van der Waals surface area contributed by atoms with Crippen LogP contribution in [0, 0.1) is 6.92 Å². The molecule has 0 spiro atoms. The molecular weight excluding hydrogens is 282 g/mol. The molecule has 0 unspecified atom stereocenters. The first-order valence-electron chi connectivity index (χ1n) is 7.08. The predicted octanol–water partition coefficient (Wildman–Crippen LogP) is 3.24. The molecule has 3 heterocycles. The summed E-state index contributed by atoms with van der Waals surface area (Å²) in [6.07, 6.45) is 1.12. The minimum atomic E-state index is 0.154. The van der Waals surface area contributed by atoms with E-state index in [-0.39, 0.29) is 5.91 Å². The number of amides is 1. The molecule has 106 valence electrons. The minimum Gasteiger partial charge on any atom is -0.338 e. The van der Waals surface area contributed by atoms with Crippen LogP contribution in [-0.4, -0.2) is 33.7 Å². The highest BCUT2D eigenvalue weighted by molar-refractivity contribution is 7.20. The molecule has 4 rings (SSSR count). The van der Waals surface area contributed by atoms with Gasteiger partial charge in [-0.15, -0.1) is 11.3 Å². The molecule has 2 aromatic heterocycles. The normalized spacial score (nSPS) is 14.4. The fraction of sp³-hybridized carbons (Fsp3) is 0.250. The lowest BCUT2D eigenvalue weighted by atomic mass is 10.2. The van der Waals surface area contributed by atoms with E-state index >= 15 is 0 Å². The Morgan fingerprint density at radius 1 is 1.24 bits per heavy atom. The maximum atomic E-state index is 12.4. The molecule has 21 heavy (non-hydrogen) atoms. The van der Waals surface area contributed by atoms with Crippen LogP contribution in [0.5, 0.6) is 0 Å². The van der Waals surface area contributed by atoms with E-state index in [0.717, 1.165) is 46.0 Å². The Kier molecular flexibility index (Phi) is 2.82. The van der Waals surface area contributed by atoms with Gasteiger partial charge in [-0.25, -0.2) is 4.68 Å². The quantitative estimate of drug-likeness (QED) is 0.728. The first-order chi connectivity index (χ1) is 10.2. The van der Waals surface area contributed by atoms with Crippen molar-refractivity contribution in [3.05, 3.63) is 47.0 Å². The van der Waals surface area contributed by atoms with E-state index in [1.807, 2.05) is 52.9 Å². The Morgan fingerprint density at radius 3 is 2.67 bits per heavy atom. The third-order valence-electron chi connectivity index (χ3n) is 3.90. The molecule has 1 aliphatic heterocycles. The Bertz CT molecular complexity index is 815. The van der Waals surface area contributed by atoms with Crippen molar-refractivity contribution in [3.8, 4) is 5.69 Å². The predicted molar refractivity (Wildman–Crippen MR) is 84.2 cm³/mol. The van der Waals surface area contributed by atoms with Gasteiger partial charge in [-0.2, -0.15) is 5.10 Å². The van der Waals surface area contributed by atoms with Gasteiger partial charge >= 0.3 is 0 Å². The molecule has 1 aromatic carbocycles. The average molecular weight is 297 g/mol. The second-order valence-corrected chi connectivity index (χ2v) is 6.34. The Hall–Kier alpha value is -2.14. The van der Waals surface area contributed by atoms with Crippen molar-refractivity contribution in [1.29, 1.82) is 0 Å². The number of fused-ring (bicyclic) bond motifs is 1. The van der Waals surface area contributed by atoms with Crippen LogP contribution >= 0.6 is 11.3 Å². The SMILES string of the molecule is Cc1nn(-c2ccccc2)c2sc(C(=O)N3CCC3)cc12. The summed E-state index contributed by atoms with van der Waals surface area (Å²) in [5, 5.41) is 5.68. The number of nitrogens with zero attached hydrogens (tertiary/aromatic N) is 3. The Labute approximate surface area is 126 Å². The molecule has 4 nitrogen and oxygen atoms in total. The molecule has 1 fully saturated rings. The van der Waals surface area contributed by atoms with Gasteiger partial charge in [0.2, 0.25) is 0 Å². The maximum absolute atomic E-state index is 12.4. The number of carbonyl (C=O) groups is 1. The number of thiophene rings is 1. The summed E-state index contributed by atoms with van der Waals surface area (Å²) in [6.45, 7) is 3.76. The first-order valence-corrected chi connectivity index (χ1v) is 7.89. The number of hydrogen-bond acceptors (Lipinski definition) is 3. The van der Waals surface area contributed by atoms with Crippen LogP contribution in [0.3, 0.4) is 0 Å². The van der Waals surface area contributed by atoms with Crippen molar-refractivity contribution in [2.45, 2.75) is 13.3 Å². The molecule has 0 atom stereocenters. The molecule has 1 aliphatic rings. The van der Waals surface area contributed by atoms with E-state index < -0.39 is 0 Å². The topological polar surface area (TPSA) is 38.1 Å². The highest BCUT2D eigenvalue weighted by Crippen LogP contribution is 2.31. The third kappa shape index (κ3) is 1.96. The standard InChI is InChI=1S/C16H15N3OS/c1-11-13-10-14(15(20)18-8-5-9-18)21-16(13)19(17-11)12-6-3-2-4-7-12/h2-4,6-7,10H,5,8-9H2,1H3. The van der Waals surface area contributed by atoms with Gasteiger partial charge in [-0.1, -0.05) is 18.2 Å². The average Bonchev–Trinajstić information content (AvgIpc) is 2.99. The van der Waals surface area contributed by atoms with Crippen LogP contribution in [0.4, 0.5) is 0 Å². The van der Waals surface area contributed by atoms with Crippen molar-refractivity contribution in [1.82, 2.24) is 14.7 Å². The summed E-state index contributed by atoms with van der Waals surface area (Å²) in [4.78, 5) is 16.1. The van der Waals surface area contributed by atoms with Crippen molar-refractivity contribution in [2.24, 2.45) is 0 Å². The fourth-order valence-electron chi connectivity index (χ4n) is 2.57.